The van der Waals surface area contributed by atoms with Gasteiger partial charge in [0.25, 0.3) is 17.6 Å². The number of benzene rings is 3. The Hall–Kier alpha value is -4.63. The largest absolute Gasteiger partial charge is 0.301 e. The number of nitrogens with zero attached hydrogens (tertiary/aromatic N) is 5. The van der Waals surface area contributed by atoms with Gasteiger partial charge in [-0.25, -0.2) is 9.07 Å². The van der Waals surface area contributed by atoms with Gasteiger partial charge < -0.3 is 4.90 Å². The first-order valence-electron chi connectivity index (χ1n) is 11.8. The van der Waals surface area contributed by atoms with E-state index in [9.17, 15) is 18.8 Å². The van der Waals surface area contributed by atoms with Crippen molar-refractivity contribution in [1.82, 2.24) is 15.0 Å². The maximum absolute atomic E-state index is 13.5. The van der Waals surface area contributed by atoms with Crippen molar-refractivity contribution < 1.29 is 18.8 Å². The minimum absolute atomic E-state index is 0.00626. The summed E-state index contributed by atoms with van der Waals surface area (Å²) in [5.41, 5.74) is 2.62. The number of rotatable bonds is 6. The Morgan fingerprint density at radius 3 is 2.50 bits per heavy atom. The van der Waals surface area contributed by atoms with E-state index in [1.165, 1.54) is 27.8 Å². The fourth-order valence-electron chi connectivity index (χ4n) is 4.74. The number of carbonyl (C=O) groups excluding carboxylic acids is 3. The summed E-state index contributed by atoms with van der Waals surface area (Å²) in [4.78, 5) is 41.2. The third-order valence-electron chi connectivity index (χ3n) is 6.60. The summed E-state index contributed by atoms with van der Waals surface area (Å²) in [6.07, 6.45) is 5.41. The Bertz CT molecular complexity index is 1600. The van der Waals surface area contributed by atoms with Gasteiger partial charge in [0, 0.05) is 10.7 Å². The van der Waals surface area contributed by atoms with E-state index in [4.69, 9.17) is 11.6 Å². The standard InChI is InChI=1S/C28H19ClFN5O3/c29-18-7-13-23-22(14-18)26(36)28(38)33(23)15-20-16-34(32-31-20)25-24(12-6-17-4-2-1-3-5-17)35(27(25)37)21-10-8-19(30)9-11-21/h1-14,16,24-25H,15H2/b12-6+/t24-,25+/m1/s1. The van der Waals surface area contributed by atoms with Gasteiger partial charge >= 0.3 is 0 Å². The summed E-state index contributed by atoms with van der Waals surface area (Å²) in [7, 11) is 0. The lowest BCUT2D eigenvalue weighted by Gasteiger charge is -2.45. The van der Waals surface area contributed by atoms with Crippen LogP contribution >= 0.6 is 11.6 Å². The topological polar surface area (TPSA) is 88.4 Å². The molecule has 6 rings (SSSR count). The molecule has 0 aliphatic carbocycles. The molecule has 8 nitrogen and oxygen atoms in total. The van der Waals surface area contributed by atoms with Gasteiger partial charge in [-0.2, -0.15) is 0 Å². The molecule has 0 bridgehead atoms. The predicted octanol–water partition coefficient (Wildman–Crippen LogP) is 4.47. The zero-order valence-electron chi connectivity index (χ0n) is 19.7. The molecule has 38 heavy (non-hydrogen) atoms. The lowest BCUT2D eigenvalue weighted by atomic mass is 9.92. The minimum Gasteiger partial charge on any atom is -0.301 e. The first kappa shape index (κ1) is 23.7. The van der Waals surface area contributed by atoms with Crippen molar-refractivity contribution >= 4 is 46.6 Å². The van der Waals surface area contributed by atoms with Gasteiger partial charge in [-0.15, -0.1) is 5.10 Å². The molecule has 2 amide bonds. The molecule has 0 radical (unpaired) electrons. The molecule has 1 aromatic heterocycles. The average molecular weight is 528 g/mol. The van der Waals surface area contributed by atoms with E-state index in [0.29, 0.717) is 22.1 Å². The number of fused-ring (bicyclic) bond motifs is 1. The average Bonchev–Trinajstić information content (AvgIpc) is 3.46. The molecule has 2 atom stereocenters. The molecular formula is C28H19ClFN5O3. The number of halogens is 2. The predicted molar refractivity (Wildman–Crippen MR) is 139 cm³/mol. The number of hydrogen-bond donors (Lipinski definition) is 0. The van der Waals surface area contributed by atoms with Crippen LogP contribution in [0.5, 0.6) is 0 Å². The molecule has 188 valence electrons. The Morgan fingerprint density at radius 2 is 1.74 bits per heavy atom. The van der Waals surface area contributed by atoms with Crippen LogP contribution in [0.15, 0.2) is 85.1 Å². The van der Waals surface area contributed by atoms with E-state index in [1.807, 2.05) is 42.5 Å². The van der Waals surface area contributed by atoms with Gasteiger partial charge in [0.1, 0.15) is 11.5 Å². The van der Waals surface area contributed by atoms with Crippen LogP contribution < -0.4 is 9.80 Å². The third kappa shape index (κ3) is 4.06. The SMILES string of the molecule is O=C1C(=O)N(Cc2cn([C@@H]3C(=O)N(c4ccc(F)cc4)[C@@H]3/C=C/c3ccccc3)nn2)c2ccc(Cl)cc21. The summed E-state index contributed by atoms with van der Waals surface area (Å²) < 4.78 is 15.0. The van der Waals surface area contributed by atoms with E-state index in [-0.39, 0.29) is 18.0 Å². The zero-order valence-corrected chi connectivity index (χ0v) is 20.5. The smallest absolute Gasteiger partial charge is 0.299 e. The summed E-state index contributed by atoms with van der Waals surface area (Å²) >= 11 is 5.99. The summed E-state index contributed by atoms with van der Waals surface area (Å²) in [6.45, 7) is 0.00626. The molecular weight excluding hydrogens is 509 g/mol. The van der Waals surface area contributed by atoms with Crippen LogP contribution in [0.25, 0.3) is 6.08 Å². The summed E-state index contributed by atoms with van der Waals surface area (Å²) in [5.74, 6) is -1.94. The van der Waals surface area contributed by atoms with Crippen molar-refractivity contribution in [2.24, 2.45) is 0 Å². The normalized spacial score (nSPS) is 18.8. The van der Waals surface area contributed by atoms with Crippen molar-refractivity contribution in [3.05, 3.63) is 113 Å². The van der Waals surface area contributed by atoms with Gasteiger partial charge in [0.15, 0.2) is 6.04 Å². The molecule has 3 heterocycles. The van der Waals surface area contributed by atoms with E-state index in [0.717, 1.165) is 5.56 Å². The molecule has 2 aliphatic rings. The van der Waals surface area contributed by atoms with Gasteiger partial charge in [0.2, 0.25) is 0 Å². The molecule has 10 heteroatoms. The Balaban J connectivity index is 1.28. The van der Waals surface area contributed by atoms with Crippen molar-refractivity contribution in [1.29, 1.82) is 0 Å². The van der Waals surface area contributed by atoms with Gasteiger partial charge in [-0.1, -0.05) is 59.3 Å². The van der Waals surface area contributed by atoms with E-state index in [2.05, 4.69) is 10.3 Å². The molecule has 2 aliphatic heterocycles. The molecule has 0 saturated carbocycles. The number of hydrogen-bond acceptors (Lipinski definition) is 5. The fraction of sp³-hybridized carbons (Fsp3) is 0.107. The van der Waals surface area contributed by atoms with Crippen LogP contribution in [0.3, 0.4) is 0 Å². The van der Waals surface area contributed by atoms with Crippen LogP contribution in [0.4, 0.5) is 15.8 Å². The van der Waals surface area contributed by atoms with Crippen molar-refractivity contribution in [2.45, 2.75) is 18.6 Å². The highest BCUT2D eigenvalue weighted by Gasteiger charge is 2.49. The molecule has 1 fully saturated rings. The molecule has 3 aromatic carbocycles. The number of carbonyl (C=O) groups is 3. The highest BCUT2D eigenvalue weighted by atomic mass is 35.5. The fourth-order valence-corrected chi connectivity index (χ4v) is 4.92. The quantitative estimate of drug-likeness (QED) is 0.273. The van der Waals surface area contributed by atoms with Crippen LogP contribution in [0.1, 0.15) is 27.7 Å². The maximum Gasteiger partial charge on any atom is 0.299 e. The first-order valence-corrected chi connectivity index (χ1v) is 12.2. The second kappa shape index (κ2) is 9.35. The number of aromatic nitrogens is 3. The van der Waals surface area contributed by atoms with Crippen LogP contribution in [-0.4, -0.2) is 38.6 Å². The first-order chi connectivity index (χ1) is 18.4. The van der Waals surface area contributed by atoms with Gasteiger partial charge in [0.05, 0.1) is 30.0 Å². The highest BCUT2D eigenvalue weighted by Crippen LogP contribution is 2.37. The molecule has 4 aromatic rings. The van der Waals surface area contributed by atoms with Crippen LogP contribution in [0, 0.1) is 5.82 Å². The number of amides is 2. The summed E-state index contributed by atoms with van der Waals surface area (Å²) in [6, 6.07) is 18.9. The van der Waals surface area contributed by atoms with E-state index in [1.54, 1.807) is 35.4 Å². The number of anilines is 2. The zero-order chi connectivity index (χ0) is 26.4. The van der Waals surface area contributed by atoms with Crippen molar-refractivity contribution in [2.75, 3.05) is 9.80 Å². The second-order valence-corrected chi connectivity index (χ2v) is 9.40. The number of Topliss-reactive ketones (excluding diaryl/α,β-unsaturated/α-hetero) is 1. The lowest BCUT2D eigenvalue weighted by molar-refractivity contribution is -0.128. The van der Waals surface area contributed by atoms with Gasteiger partial charge in [-0.3, -0.25) is 19.3 Å². The number of β-lactam (4-membered cyclic amide) rings is 1. The molecule has 0 N–H and O–H groups in total. The van der Waals surface area contributed by atoms with Crippen LogP contribution in [-0.2, 0) is 16.1 Å². The van der Waals surface area contributed by atoms with Gasteiger partial charge in [-0.05, 0) is 48.0 Å². The lowest BCUT2D eigenvalue weighted by Crippen LogP contribution is -2.61. The van der Waals surface area contributed by atoms with Crippen molar-refractivity contribution in [3.63, 3.8) is 0 Å². The van der Waals surface area contributed by atoms with E-state index < -0.39 is 29.6 Å². The molecule has 0 unspecified atom stereocenters. The number of ketones is 1. The second-order valence-electron chi connectivity index (χ2n) is 8.96. The van der Waals surface area contributed by atoms with Crippen molar-refractivity contribution in [3.8, 4) is 0 Å². The Kier molecular flexibility index (Phi) is 5.84. The summed E-state index contributed by atoms with van der Waals surface area (Å²) in [5, 5.41) is 8.70. The molecule has 0 spiro atoms. The maximum atomic E-state index is 13.5. The van der Waals surface area contributed by atoms with E-state index >= 15 is 0 Å². The minimum atomic E-state index is -0.691. The monoisotopic (exact) mass is 527 g/mol. The third-order valence-corrected chi connectivity index (χ3v) is 6.83. The Morgan fingerprint density at radius 1 is 0.974 bits per heavy atom. The highest BCUT2D eigenvalue weighted by molar-refractivity contribution is 6.52. The Labute approximate surface area is 221 Å². The molecule has 1 saturated heterocycles. The van der Waals surface area contributed by atoms with Crippen LogP contribution in [0.2, 0.25) is 5.02 Å².